The number of fused-ring (bicyclic) bond motifs is 1. The number of hydrogen-bond acceptors (Lipinski definition) is 4. The Morgan fingerprint density at radius 2 is 2.12 bits per heavy atom. The van der Waals surface area contributed by atoms with Crippen LogP contribution >= 0.6 is 0 Å². The van der Waals surface area contributed by atoms with Gasteiger partial charge in [0.05, 0.1) is 12.3 Å². The van der Waals surface area contributed by atoms with Crippen molar-refractivity contribution in [3.63, 3.8) is 0 Å². The quantitative estimate of drug-likeness (QED) is 0.678. The van der Waals surface area contributed by atoms with Gasteiger partial charge in [0.1, 0.15) is 5.76 Å². The second-order valence-corrected chi connectivity index (χ2v) is 5.67. The Bertz CT molecular complexity index is 734. The third kappa shape index (κ3) is 4.13. The Labute approximate surface area is 140 Å². The van der Waals surface area contributed by atoms with Gasteiger partial charge in [-0.25, -0.2) is 4.79 Å². The topological polar surface area (TPSA) is 68.5 Å². The number of esters is 1. The van der Waals surface area contributed by atoms with Crippen LogP contribution in [0.2, 0.25) is 0 Å². The van der Waals surface area contributed by atoms with Crippen molar-refractivity contribution in [1.29, 1.82) is 0 Å². The second-order valence-electron chi connectivity index (χ2n) is 5.67. The summed E-state index contributed by atoms with van der Waals surface area (Å²) in [6.07, 6.45) is 7.22. The third-order valence-corrected chi connectivity index (χ3v) is 3.98. The lowest BCUT2D eigenvalue weighted by Gasteiger charge is -2.26. The highest BCUT2D eigenvalue weighted by Gasteiger charge is 2.21. The fourth-order valence-electron chi connectivity index (χ4n) is 2.86. The van der Waals surface area contributed by atoms with Crippen LogP contribution in [-0.4, -0.2) is 18.5 Å². The van der Waals surface area contributed by atoms with Crippen molar-refractivity contribution in [2.24, 2.45) is 0 Å². The van der Waals surface area contributed by atoms with Crippen molar-refractivity contribution in [2.75, 3.05) is 6.61 Å². The zero-order valence-electron chi connectivity index (χ0n) is 13.2. The maximum atomic E-state index is 12.0. The van der Waals surface area contributed by atoms with Crippen LogP contribution in [0.25, 0.3) is 6.08 Å². The highest BCUT2D eigenvalue weighted by Crippen LogP contribution is 2.29. The number of benzene rings is 1. The van der Waals surface area contributed by atoms with Crippen LogP contribution in [0.1, 0.15) is 35.8 Å². The molecule has 1 amide bonds. The average molecular weight is 325 g/mol. The maximum Gasteiger partial charge on any atom is 0.331 e. The van der Waals surface area contributed by atoms with Crippen LogP contribution in [0.5, 0.6) is 0 Å². The van der Waals surface area contributed by atoms with Gasteiger partial charge in [-0.15, -0.1) is 0 Å². The summed E-state index contributed by atoms with van der Waals surface area (Å²) in [5.41, 5.74) is 2.42. The fraction of sp³-hybridized carbons (Fsp3) is 0.263. The molecule has 0 fully saturated rings. The number of furan rings is 1. The van der Waals surface area contributed by atoms with E-state index < -0.39 is 5.97 Å². The van der Waals surface area contributed by atoms with Gasteiger partial charge in [0.2, 0.25) is 0 Å². The van der Waals surface area contributed by atoms with Crippen molar-refractivity contribution in [2.45, 2.75) is 25.3 Å². The molecule has 2 aromatic rings. The zero-order chi connectivity index (χ0) is 16.8. The van der Waals surface area contributed by atoms with Gasteiger partial charge in [-0.1, -0.05) is 24.3 Å². The van der Waals surface area contributed by atoms with Crippen LogP contribution in [0.4, 0.5) is 0 Å². The predicted molar refractivity (Wildman–Crippen MR) is 89.0 cm³/mol. The number of carbonyl (C=O) groups excluding carboxylic acids is 2. The first kappa shape index (κ1) is 16.1. The smallest absolute Gasteiger partial charge is 0.331 e. The van der Waals surface area contributed by atoms with Crippen LogP contribution in [-0.2, 0) is 20.7 Å². The number of aryl methyl sites for hydroxylation is 1. The van der Waals surface area contributed by atoms with Crippen molar-refractivity contribution in [1.82, 2.24) is 5.32 Å². The van der Waals surface area contributed by atoms with E-state index in [9.17, 15) is 9.59 Å². The molecule has 1 heterocycles. The van der Waals surface area contributed by atoms with Gasteiger partial charge in [-0.2, -0.15) is 0 Å². The summed E-state index contributed by atoms with van der Waals surface area (Å²) in [5, 5.41) is 2.94. The molecule has 124 valence electrons. The molecule has 1 N–H and O–H groups in total. The number of carbonyl (C=O) groups is 2. The van der Waals surface area contributed by atoms with Gasteiger partial charge in [0, 0.05) is 6.08 Å². The van der Waals surface area contributed by atoms with Crippen molar-refractivity contribution >= 4 is 18.0 Å². The SMILES string of the molecule is O=C(COC(=O)/C=C/c1ccco1)N[C@H]1CCCc2ccccc21. The summed E-state index contributed by atoms with van der Waals surface area (Å²) in [7, 11) is 0. The van der Waals surface area contributed by atoms with Crippen molar-refractivity contribution in [3.05, 3.63) is 65.6 Å². The van der Waals surface area contributed by atoms with Gasteiger partial charge >= 0.3 is 5.97 Å². The van der Waals surface area contributed by atoms with E-state index in [1.807, 2.05) is 18.2 Å². The summed E-state index contributed by atoms with van der Waals surface area (Å²) in [6.45, 7) is -0.292. The van der Waals surface area contributed by atoms with E-state index in [2.05, 4.69) is 11.4 Å². The molecule has 0 saturated heterocycles. The third-order valence-electron chi connectivity index (χ3n) is 3.98. The first-order valence-corrected chi connectivity index (χ1v) is 7.98. The minimum absolute atomic E-state index is 0.0141. The van der Waals surface area contributed by atoms with E-state index in [1.165, 1.54) is 24.0 Å². The highest BCUT2D eigenvalue weighted by atomic mass is 16.5. The number of nitrogens with one attached hydrogen (secondary N) is 1. The average Bonchev–Trinajstić information content (AvgIpc) is 3.12. The first-order valence-electron chi connectivity index (χ1n) is 7.98. The zero-order valence-corrected chi connectivity index (χ0v) is 13.2. The lowest BCUT2D eigenvalue weighted by atomic mass is 9.88. The van der Waals surface area contributed by atoms with E-state index in [4.69, 9.17) is 9.15 Å². The molecule has 5 heteroatoms. The molecule has 1 aliphatic carbocycles. The minimum Gasteiger partial charge on any atom is -0.465 e. The fourth-order valence-corrected chi connectivity index (χ4v) is 2.86. The van der Waals surface area contributed by atoms with Gasteiger partial charge in [0.25, 0.3) is 5.91 Å². The number of amides is 1. The van der Waals surface area contributed by atoms with E-state index in [1.54, 1.807) is 12.1 Å². The Hall–Kier alpha value is -2.82. The Morgan fingerprint density at radius 3 is 2.96 bits per heavy atom. The lowest BCUT2D eigenvalue weighted by Crippen LogP contribution is -2.34. The normalized spacial score (nSPS) is 16.6. The summed E-state index contributed by atoms with van der Waals surface area (Å²) in [4.78, 5) is 23.6. The van der Waals surface area contributed by atoms with Crippen LogP contribution < -0.4 is 5.32 Å². The van der Waals surface area contributed by atoms with E-state index in [0.29, 0.717) is 5.76 Å². The lowest BCUT2D eigenvalue weighted by molar-refractivity contribution is -0.144. The van der Waals surface area contributed by atoms with Gasteiger partial charge in [-0.3, -0.25) is 4.79 Å². The predicted octanol–water partition coefficient (Wildman–Crippen LogP) is 3.03. The maximum absolute atomic E-state index is 12.0. The molecule has 1 aromatic heterocycles. The van der Waals surface area contributed by atoms with Gasteiger partial charge < -0.3 is 14.5 Å². The van der Waals surface area contributed by atoms with Crippen LogP contribution in [0.3, 0.4) is 0 Å². The molecule has 1 aliphatic rings. The highest BCUT2D eigenvalue weighted by molar-refractivity contribution is 5.89. The molecule has 24 heavy (non-hydrogen) atoms. The van der Waals surface area contributed by atoms with Crippen LogP contribution in [0.15, 0.2) is 53.2 Å². The van der Waals surface area contributed by atoms with E-state index in [-0.39, 0.29) is 18.6 Å². The summed E-state index contributed by atoms with van der Waals surface area (Å²) in [5.74, 6) is -0.322. The molecule has 1 aromatic carbocycles. The number of ether oxygens (including phenoxy) is 1. The van der Waals surface area contributed by atoms with E-state index in [0.717, 1.165) is 24.8 Å². The van der Waals surface area contributed by atoms with Gasteiger partial charge in [0.15, 0.2) is 6.61 Å². The van der Waals surface area contributed by atoms with Crippen molar-refractivity contribution < 1.29 is 18.7 Å². The molecule has 0 spiro atoms. The molecule has 0 saturated carbocycles. The molecular weight excluding hydrogens is 306 g/mol. The second kappa shape index (κ2) is 7.64. The summed E-state index contributed by atoms with van der Waals surface area (Å²) < 4.78 is 10.0. The monoisotopic (exact) mass is 325 g/mol. The summed E-state index contributed by atoms with van der Waals surface area (Å²) in [6, 6.07) is 11.5. The Morgan fingerprint density at radius 1 is 1.25 bits per heavy atom. The minimum atomic E-state index is -0.578. The molecule has 3 rings (SSSR count). The Balaban J connectivity index is 1.49. The molecule has 0 radical (unpaired) electrons. The van der Waals surface area contributed by atoms with E-state index >= 15 is 0 Å². The summed E-state index contributed by atoms with van der Waals surface area (Å²) >= 11 is 0. The molecule has 0 bridgehead atoms. The molecule has 0 unspecified atom stereocenters. The molecular formula is C19H19NO4. The Kier molecular flexibility index (Phi) is 5.11. The van der Waals surface area contributed by atoms with Gasteiger partial charge in [-0.05, 0) is 48.6 Å². The number of rotatable bonds is 5. The van der Waals surface area contributed by atoms with Crippen molar-refractivity contribution in [3.8, 4) is 0 Å². The molecule has 0 aliphatic heterocycles. The standard InChI is InChI=1S/C19H19NO4/c21-18(13-24-19(22)11-10-15-7-4-12-23-15)20-17-9-3-6-14-5-1-2-8-16(14)17/h1-2,4-5,7-8,10-12,17H,3,6,9,13H2,(H,20,21)/b11-10+/t17-/m0/s1. The molecule has 1 atom stereocenters. The molecule has 5 nitrogen and oxygen atoms in total. The first-order chi connectivity index (χ1) is 11.7. The van der Waals surface area contributed by atoms with Crippen LogP contribution in [0, 0.1) is 0 Å². The largest absolute Gasteiger partial charge is 0.465 e. The number of hydrogen-bond donors (Lipinski definition) is 1.